The van der Waals surface area contributed by atoms with E-state index in [1.165, 1.54) is 29.2 Å². The fourth-order valence-electron chi connectivity index (χ4n) is 1.92. The number of carbonyl (C=O) groups excluding carboxylic acids is 1. The molecule has 1 amide bonds. The number of hydrogen-bond acceptors (Lipinski definition) is 4. The lowest BCUT2D eigenvalue weighted by Gasteiger charge is -2.15. The Kier molecular flexibility index (Phi) is 3.96. The van der Waals surface area contributed by atoms with Crippen LogP contribution in [0.5, 0.6) is 5.75 Å². The normalized spacial score (nSPS) is 22.9. The Morgan fingerprint density at radius 2 is 1.95 bits per heavy atom. The molecule has 104 valence electrons. The third-order valence-corrected chi connectivity index (χ3v) is 2.85. The number of nitrogens with zero attached hydrogens (tertiary/aromatic N) is 1. The van der Waals surface area contributed by atoms with E-state index in [2.05, 4.69) is 4.74 Å². The maximum absolute atomic E-state index is 12.1. The fraction of sp³-hybridized carbons (Fsp3) is 0.417. The van der Waals surface area contributed by atoms with E-state index in [4.69, 9.17) is 0 Å². The average Bonchev–Trinajstić information content (AvgIpc) is 2.68. The molecule has 0 bridgehead atoms. The lowest BCUT2D eigenvalue weighted by atomic mass is 10.2. The molecule has 0 radical (unpaired) electrons. The maximum Gasteiger partial charge on any atom is 0.387 e. The Morgan fingerprint density at radius 1 is 1.32 bits per heavy atom. The molecule has 0 aliphatic carbocycles. The van der Waals surface area contributed by atoms with Crippen molar-refractivity contribution in [3.8, 4) is 5.75 Å². The zero-order valence-corrected chi connectivity index (χ0v) is 9.87. The highest BCUT2D eigenvalue weighted by Crippen LogP contribution is 2.19. The second kappa shape index (κ2) is 5.50. The van der Waals surface area contributed by atoms with Crippen LogP contribution in [-0.4, -0.2) is 52.9 Å². The molecule has 1 aromatic rings. The highest BCUT2D eigenvalue weighted by atomic mass is 19.3. The van der Waals surface area contributed by atoms with Crippen molar-refractivity contribution in [2.75, 3.05) is 13.1 Å². The molecule has 2 atom stereocenters. The van der Waals surface area contributed by atoms with Crippen LogP contribution in [0.1, 0.15) is 10.4 Å². The number of hydrogen-bond donors (Lipinski definition) is 2. The molecule has 0 spiro atoms. The van der Waals surface area contributed by atoms with Gasteiger partial charge in [0.1, 0.15) is 5.75 Å². The smallest absolute Gasteiger partial charge is 0.387 e. The number of benzene rings is 1. The summed E-state index contributed by atoms with van der Waals surface area (Å²) in [5, 5.41) is 18.7. The molecule has 1 fully saturated rings. The summed E-state index contributed by atoms with van der Waals surface area (Å²) in [6.07, 6.45) is -1.96. The van der Waals surface area contributed by atoms with E-state index in [1.807, 2.05) is 0 Å². The molecule has 2 N–H and O–H groups in total. The molecular formula is C12H13F2NO4. The van der Waals surface area contributed by atoms with Crippen LogP contribution < -0.4 is 4.74 Å². The minimum absolute atomic E-state index is 0.0138. The summed E-state index contributed by atoms with van der Waals surface area (Å²) < 4.78 is 28.4. The summed E-state index contributed by atoms with van der Waals surface area (Å²) in [6, 6.07) is 5.40. The van der Waals surface area contributed by atoms with Crippen molar-refractivity contribution in [1.29, 1.82) is 0 Å². The molecule has 1 aliphatic heterocycles. The van der Waals surface area contributed by atoms with Gasteiger partial charge in [0.05, 0.1) is 12.2 Å². The Morgan fingerprint density at radius 3 is 2.53 bits per heavy atom. The fourth-order valence-corrected chi connectivity index (χ4v) is 1.92. The molecule has 1 saturated heterocycles. The average molecular weight is 273 g/mol. The summed E-state index contributed by atoms with van der Waals surface area (Å²) in [5.41, 5.74) is 0.166. The zero-order valence-electron chi connectivity index (χ0n) is 9.87. The summed E-state index contributed by atoms with van der Waals surface area (Å²) in [5.74, 6) is -0.559. The van der Waals surface area contributed by atoms with Crippen LogP contribution in [0.15, 0.2) is 24.3 Å². The van der Waals surface area contributed by atoms with Crippen LogP contribution in [0, 0.1) is 0 Å². The number of carbonyl (C=O) groups is 1. The van der Waals surface area contributed by atoms with Gasteiger partial charge in [0.2, 0.25) is 0 Å². The Hall–Kier alpha value is -1.73. The molecule has 5 nitrogen and oxygen atoms in total. The van der Waals surface area contributed by atoms with Crippen molar-refractivity contribution in [2.24, 2.45) is 0 Å². The number of likely N-dealkylation sites (tertiary alicyclic amines) is 1. The van der Waals surface area contributed by atoms with Crippen LogP contribution in [-0.2, 0) is 0 Å². The molecule has 0 saturated carbocycles. The van der Waals surface area contributed by atoms with E-state index in [-0.39, 0.29) is 24.4 Å². The van der Waals surface area contributed by atoms with Gasteiger partial charge < -0.3 is 19.8 Å². The molecular weight excluding hydrogens is 260 g/mol. The number of halogens is 2. The van der Waals surface area contributed by atoms with E-state index in [1.54, 1.807) is 0 Å². The Balaban J connectivity index is 2.11. The lowest BCUT2D eigenvalue weighted by molar-refractivity contribution is -0.0499. The van der Waals surface area contributed by atoms with E-state index in [0.717, 1.165) is 0 Å². The first-order chi connectivity index (χ1) is 8.97. The van der Waals surface area contributed by atoms with E-state index in [0.29, 0.717) is 0 Å². The number of β-amino-alcohol motifs (C(OH)–C–C–N with tert-alkyl or cyclic N) is 2. The first-order valence-electron chi connectivity index (χ1n) is 5.67. The third kappa shape index (κ3) is 3.18. The number of ether oxygens (including phenoxy) is 1. The van der Waals surface area contributed by atoms with Gasteiger partial charge in [0.25, 0.3) is 5.91 Å². The predicted octanol–water partition coefficient (Wildman–Crippen LogP) is 0.466. The Bertz CT molecular complexity index is 459. The number of rotatable bonds is 3. The van der Waals surface area contributed by atoms with E-state index < -0.39 is 24.7 Å². The van der Waals surface area contributed by atoms with Gasteiger partial charge in [-0.1, -0.05) is 6.07 Å². The Labute approximate surface area is 108 Å². The molecule has 2 rings (SSSR count). The molecule has 1 heterocycles. The van der Waals surface area contributed by atoms with Gasteiger partial charge in [-0.2, -0.15) is 8.78 Å². The summed E-state index contributed by atoms with van der Waals surface area (Å²) in [4.78, 5) is 13.3. The van der Waals surface area contributed by atoms with Crippen LogP contribution in [0.4, 0.5) is 8.78 Å². The standard InChI is InChI=1S/C12H13F2NO4/c13-12(14)19-8-3-1-2-7(4-8)11(18)15-5-9(16)10(17)6-15/h1-4,9-10,12,16-17H,5-6H2/t9-,10+. The van der Waals surface area contributed by atoms with Crippen LogP contribution in [0.2, 0.25) is 0 Å². The third-order valence-electron chi connectivity index (χ3n) is 2.85. The minimum atomic E-state index is -2.96. The topological polar surface area (TPSA) is 70.0 Å². The second-order valence-electron chi connectivity index (χ2n) is 4.25. The number of aliphatic hydroxyl groups is 2. The number of aliphatic hydroxyl groups excluding tert-OH is 2. The predicted molar refractivity (Wildman–Crippen MR) is 61.0 cm³/mol. The van der Waals surface area contributed by atoms with Gasteiger partial charge in [-0.25, -0.2) is 0 Å². The minimum Gasteiger partial charge on any atom is -0.435 e. The molecule has 1 aromatic carbocycles. The quantitative estimate of drug-likeness (QED) is 0.839. The van der Waals surface area contributed by atoms with Crippen LogP contribution in [0.3, 0.4) is 0 Å². The van der Waals surface area contributed by atoms with Gasteiger partial charge >= 0.3 is 6.61 Å². The van der Waals surface area contributed by atoms with E-state index >= 15 is 0 Å². The van der Waals surface area contributed by atoms with Gasteiger partial charge in [-0.05, 0) is 18.2 Å². The van der Waals surface area contributed by atoms with Crippen LogP contribution in [0.25, 0.3) is 0 Å². The van der Waals surface area contributed by atoms with Gasteiger partial charge in [-0.3, -0.25) is 4.79 Å². The molecule has 1 aliphatic rings. The molecule has 7 heteroatoms. The largest absolute Gasteiger partial charge is 0.435 e. The number of amides is 1. The van der Waals surface area contributed by atoms with E-state index in [9.17, 15) is 23.8 Å². The molecule has 19 heavy (non-hydrogen) atoms. The lowest BCUT2D eigenvalue weighted by Crippen LogP contribution is -2.29. The molecule has 0 unspecified atom stereocenters. The van der Waals surface area contributed by atoms with Crippen molar-refractivity contribution >= 4 is 5.91 Å². The van der Waals surface area contributed by atoms with Crippen molar-refractivity contribution in [2.45, 2.75) is 18.8 Å². The second-order valence-corrected chi connectivity index (χ2v) is 4.25. The number of alkyl halides is 2. The molecule has 0 aromatic heterocycles. The van der Waals surface area contributed by atoms with Crippen molar-refractivity contribution < 1.29 is 28.5 Å². The zero-order chi connectivity index (χ0) is 14.0. The highest BCUT2D eigenvalue weighted by Gasteiger charge is 2.33. The first kappa shape index (κ1) is 13.7. The van der Waals surface area contributed by atoms with Crippen molar-refractivity contribution in [1.82, 2.24) is 4.90 Å². The van der Waals surface area contributed by atoms with Crippen molar-refractivity contribution in [3.05, 3.63) is 29.8 Å². The maximum atomic E-state index is 12.1. The highest BCUT2D eigenvalue weighted by molar-refractivity contribution is 5.94. The SMILES string of the molecule is O=C(c1cccc(OC(F)F)c1)N1C[C@@H](O)[C@@H](O)C1. The van der Waals surface area contributed by atoms with Crippen molar-refractivity contribution in [3.63, 3.8) is 0 Å². The summed E-state index contributed by atoms with van der Waals surface area (Å²) in [7, 11) is 0. The van der Waals surface area contributed by atoms with Crippen LogP contribution >= 0.6 is 0 Å². The van der Waals surface area contributed by atoms with Gasteiger partial charge in [0, 0.05) is 18.7 Å². The summed E-state index contributed by atoms with van der Waals surface area (Å²) in [6.45, 7) is -2.93. The monoisotopic (exact) mass is 273 g/mol. The summed E-state index contributed by atoms with van der Waals surface area (Å²) >= 11 is 0. The first-order valence-corrected chi connectivity index (χ1v) is 5.67. The van der Waals surface area contributed by atoms with Gasteiger partial charge in [0.15, 0.2) is 0 Å². The van der Waals surface area contributed by atoms with Gasteiger partial charge in [-0.15, -0.1) is 0 Å².